The molecule has 0 aliphatic carbocycles. The predicted molar refractivity (Wildman–Crippen MR) is 149 cm³/mol. The summed E-state index contributed by atoms with van der Waals surface area (Å²) in [6.45, 7) is 4.68. The SMILES string of the molecule is CCc1ccc(N=C2NC(=O)/C(=C/c3cc(Br)c(OCc4ccc(C)cc4)c(I)c3)S2)cc1. The Balaban J connectivity index is 1.48. The second-order valence-corrected chi connectivity index (χ2v) is 10.6. The van der Waals surface area contributed by atoms with Crippen molar-refractivity contribution in [1.82, 2.24) is 5.32 Å². The first-order valence-corrected chi connectivity index (χ1v) is 13.2. The minimum absolute atomic E-state index is 0.144. The molecule has 7 heteroatoms. The number of ether oxygens (including phenoxy) is 1. The number of carbonyl (C=O) groups is 1. The predicted octanol–water partition coefficient (Wildman–Crippen LogP) is 7.40. The van der Waals surface area contributed by atoms with Crippen molar-refractivity contribution < 1.29 is 9.53 Å². The van der Waals surface area contributed by atoms with Crippen molar-refractivity contribution in [2.45, 2.75) is 26.9 Å². The van der Waals surface area contributed by atoms with Crippen molar-refractivity contribution in [2.75, 3.05) is 0 Å². The highest BCUT2D eigenvalue weighted by atomic mass is 127. The molecule has 4 rings (SSSR count). The van der Waals surface area contributed by atoms with Crippen LogP contribution >= 0.6 is 50.3 Å². The monoisotopic (exact) mass is 632 g/mol. The lowest BCUT2D eigenvalue weighted by molar-refractivity contribution is -0.115. The zero-order valence-corrected chi connectivity index (χ0v) is 22.8. The second kappa shape index (κ2) is 10.9. The van der Waals surface area contributed by atoms with Gasteiger partial charge in [0.25, 0.3) is 5.91 Å². The summed E-state index contributed by atoms with van der Waals surface area (Å²) in [4.78, 5) is 17.6. The van der Waals surface area contributed by atoms with Gasteiger partial charge in [-0.05, 0) is 111 Å². The summed E-state index contributed by atoms with van der Waals surface area (Å²) in [6, 6.07) is 20.3. The summed E-state index contributed by atoms with van der Waals surface area (Å²) in [5, 5.41) is 3.44. The molecule has 1 N–H and O–H groups in total. The maximum Gasteiger partial charge on any atom is 0.264 e. The highest BCUT2D eigenvalue weighted by Crippen LogP contribution is 2.35. The Labute approximate surface area is 220 Å². The van der Waals surface area contributed by atoms with E-state index in [0.717, 1.165) is 37.0 Å². The van der Waals surface area contributed by atoms with E-state index >= 15 is 0 Å². The minimum atomic E-state index is -0.144. The van der Waals surface area contributed by atoms with Crippen LogP contribution in [0.4, 0.5) is 5.69 Å². The van der Waals surface area contributed by atoms with Crippen molar-refractivity contribution in [1.29, 1.82) is 0 Å². The number of amides is 1. The molecule has 0 radical (unpaired) electrons. The van der Waals surface area contributed by atoms with Crippen molar-refractivity contribution in [3.8, 4) is 5.75 Å². The normalized spacial score (nSPS) is 15.8. The maximum atomic E-state index is 12.5. The van der Waals surface area contributed by atoms with Crippen molar-refractivity contribution in [2.24, 2.45) is 4.99 Å². The molecule has 1 aliphatic heterocycles. The first kappa shape index (κ1) is 24.0. The van der Waals surface area contributed by atoms with Gasteiger partial charge in [-0.3, -0.25) is 4.79 Å². The Morgan fingerprint density at radius 2 is 1.79 bits per heavy atom. The molecule has 0 aromatic heterocycles. The van der Waals surface area contributed by atoms with Crippen molar-refractivity contribution >= 4 is 73.1 Å². The Bertz CT molecular complexity index is 1220. The lowest BCUT2D eigenvalue weighted by atomic mass is 10.1. The van der Waals surface area contributed by atoms with Crippen LogP contribution in [0.25, 0.3) is 6.08 Å². The fraction of sp³-hybridized carbons (Fsp3) is 0.154. The number of hydrogen-bond acceptors (Lipinski definition) is 4. The average molecular weight is 633 g/mol. The fourth-order valence-corrected chi connectivity index (χ4v) is 5.81. The molecule has 1 aliphatic rings. The zero-order chi connectivity index (χ0) is 23.4. The van der Waals surface area contributed by atoms with Gasteiger partial charge in [-0.15, -0.1) is 0 Å². The van der Waals surface area contributed by atoms with Crippen LogP contribution < -0.4 is 10.1 Å². The van der Waals surface area contributed by atoms with Crippen LogP contribution in [0.3, 0.4) is 0 Å². The molecule has 33 heavy (non-hydrogen) atoms. The third kappa shape index (κ3) is 6.28. The molecule has 0 bridgehead atoms. The van der Waals surface area contributed by atoms with E-state index in [4.69, 9.17) is 4.74 Å². The van der Waals surface area contributed by atoms with Crippen LogP contribution in [0.5, 0.6) is 5.75 Å². The number of carbonyl (C=O) groups excluding carboxylic acids is 1. The lowest BCUT2D eigenvalue weighted by Crippen LogP contribution is -2.19. The molecule has 0 spiro atoms. The number of halogens is 2. The summed E-state index contributed by atoms with van der Waals surface area (Å²) in [7, 11) is 0. The molecule has 0 atom stereocenters. The average Bonchev–Trinajstić information content (AvgIpc) is 3.13. The number of aliphatic imine (C=N–C) groups is 1. The van der Waals surface area contributed by atoms with Gasteiger partial charge in [-0.1, -0.05) is 48.9 Å². The Morgan fingerprint density at radius 3 is 2.45 bits per heavy atom. The third-order valence-electron chi connectivity index (χ3n) is 5.05. The lowest BCUT2D eigenvalue weighted by Gasteiger charge is -2.12. The van der Waals surface area contributed by atoms with E-state index in [1.54, 1.807) is 0 Å². The van der Waals surface area contributed by atoms with Crippen LogP contribution in [0.2, 0.25) is 0 Å². The molecular formula is C26H22BrIN2O2S. The van der Waals surface area contributed by atoms with Gasteiger partial charge in [0.05, 0.1) is 18.6 Å². The topological polar surface area (TPSA) is 50.7 Å². The molecule has 1 saturated heterocycles. The number of nitrogens with zero attached hydrogens (tertiary/aromatic N) is 1. The summed E-state index contributed by atoms with van der Waals surface area (Å²) in [6.07, 6.45) is 2.86. The molecule has 1 amide bonds. The molecule has 0 saturated carbocycles. The van der Waals surface area contributed by atoms with E-state index in [9.17, 15) is 4.79 Å². The Hall–Kier alpha value is -2.10. The highest BCUT2D eigenvalue weighted by Gasteiger charge is 2.24. The number of benzene rings is 3. The van der Waals surface area contributed by atoms with Gasteiger partial charge in [-0.2, -0.15) is 0 Å². The summed E-state index contributed by atoms with van der Waals surface area (Å²) in [5.41, 5.74) is 5.34. The fourth-order valence-electron chi connectivity index (χ4n) is 3.20. The van der Waals surface area contributed by atoms with Crippen LogP contribution in [-0.4, -0.2) is 11.1 Å². The third-order valence-corrected chi connectivity index (χ3v) is 7.35. The van der Waals surface area contributed by atoms with Crippen LogP contribution in [0, 0.1) is 10.5 Å². The molecule has 168 valence electrons. The van der Waals surface area contributed by atoms with Gasteiger partial charge < -0.3 is 10.1 Å². The molecule has 0 unspecified atom stereocenters. The highest BCUT2D eigenvalue weighted by molar-refractivity contribution is 14.1. The maximum absolute atomic E-state index is 12.5. The number of aryl methyl sites for hydroxylation is 2. The van der Waals surface area contributed by atoms with Gasteiger partial charge in [0.2, 0.25) is 0 Å². The van der Waals surface area contributed by atoms with E-state index in [0.29, 0.717) is 16.7 Å². The molecular weight excluding hydrogens is 611 g/mol. The number of nitrogens with one attached hydrogen (secondary N) is 1. The van der Waals surface area contributed by atoms with Crippen molar-refractivity contribution in [3.63, 3.8) is 0 Å². The molecule has 1 fully saturated rings. The summed E-state index contributed by atoms with van der Waals surface area (Å²) < 4.78 is 7.88. The molecule has 4 nitrogen and oxygen atoms in total. The van der Waals surface area contributed by atoms with E-state index in [2.05, 4.69) is 99.1 Å². The summed E-state index contributed by atoms with van der Waals surface area (Å²) in [5.74, 6) is 0.648. The standard InChI is InChI=1S/C26H22BrIN2O2S/c1-3-17-8-10-20(11-9-17)29-26-30-25(31)23(33-26)14-19-12-21(27)24(22(28)13-19)32-15-18-6-4-16(2)5-7-18/h4-14H,3,15H2,1-2H3,(H,29,30,31)/b23-14-. The van der Waals surface area contributed by atoms with Crippen molar-refractivity contribution in [3.05, 3.63) is 95.9 Å². The van der Waals surface area contributed by atoms with E-state index in [-0.39, 0.29) is 5.91 Å². The van der Waals surface area contributed by atoms with Crippen LogP contribution in [-0.2, 0) is 17.8 Å². The van der Waals surface area contributed by atoms with Gasteiger partial charge in [-0.25, -0.2) is 4.99 Å². The number of rotatable bonds is 6. The van der Waals surface area contributed by atoms with Crippen LogP contribution in [0.15, 0.2) is 75.0 Å². The largest absolute Gasteiger partial charge is 0.487 e. The summed E-state index contributed by atoms with van der Waals surface area (Å²) >= 11 is 7.23. The quantitative estimate of drug-likeness (QED) is 0.228. The molecule has 3 aromatic carbocycles. The van der Waals surface area contributed by atoms with Gasteiger partial charge in [0, 0.05) is 0 Å². The van der Waals surface area contributed by atoms with Gasteiger partial charge in [0.15, 0.2) is 5.17 Å². The Kier molecular flexibility index (Phi) is 7.93. The first-order valence-electron chi connectivity index (χ1n) is 10.5. The minimum Gasteiger partial charge on any atom is -0.487 e. The number of thioether (sulfide) groups is 1. The molecule has 1 heterocycles. The number of amidine groups is 1. The zero-order valence-electron chi connectivity index (χ0n) is 18.2. The second-order valence-electron chi connectivity index (χ2n) is 7.59. The van der Waals surface area contributed by atoms with E-state index in [1.807, 2.05) is 30.3 Å². The Morgan fingerprint density at radius 1 is 1.09 bits per heavy atom. The smallest absolute Gasteiger partial charge is 0.264 e. The number of hydrogen-bond donors (Lipinski definition) is 1. The van der Waals surface area contributed by atoms with Gasteiger partial charge >= 0.3 is 0 Å². The molecule has 3 aromatic rings. The van der Waals surface area contributed by atoms with Gasteiger partial charge in [0.1, 0.15) is 12.4 Å². The van der Waals surface area contributed by atoms with E-state index < -0.39 is 0 Å². The first-order chi connectivity index (χ1) is 15.9. The van der Waals surface area contributed by atoms with E-state index in [1.165, 1.54) is 22.9 Å². The van der Waals surface area contributed by atoms with Crippen LogP contribution in [0.1, 0.15) is 29.2 Å².